The molecule has 0 saturated carbocycles. The van der Waals surface area contributed by atoms with Gasteiger partial charge in [-0.3, -0.25) is 4.79 Å². The van der Waals surface area contributed by atoms with Crippen molar-refractivity contribution < 1.29 is 4.79 Å². The Morgan fingerprint density at radius 1 is 1.09 bits per heavy atom. The minimum Gasteiger partial charge on any atom is -0.399 e. The summed E-state index contributed by atoms with van der Waals surface area (Å²) in [6, 6.07) is 17.7. The Bertz CT molecular complexity index is 595. The van der Waals surface area contributed by atoms with E-state index in [1.807, 2.05) is 12.1 Å². The molecule has 0 spiro atoms. The van der Waals surface area contributed by atoms with Gasteiger partial charge in [-0.05, 0) is 43.0 Å². The number of hydrogen-bond acceptors (Lipinski definition) is 2. The molecule has 0 aliphatic heterocycles. The predicted molar refractivity (Wildman–Crippen MR) is 91.8 cm³/mol. The van der Waals surface area contributed by atoms with Crippen molar-refractivity contribution in [2.45, 2.75) is 38.6 Å². The van der Waals surface area contributed by atoms with Crippen molar-refractivity contribution in [1.82, 2.24) is 5.32 Å². The Labute approximate surface area is 132 Å². The second kappa shape index (κ2) is 8.23. The van der Waals surface area contributed by atoms with Gasteiger partial charge in [0.15, 0.2) is 0 Å². The first-order valence-corrected chi connectivity index (χ1v) is 7.89. The van der Waals surface area contributed by atoms with E-state index in [1.54, 1.807) is 18.2 Å². The number of nitrogens with one attached hydrogen (secondary N) is 1. The highest BCUT2D eigenvalue weighted by molar-refractivity contribution is 5.95. The van der Waals surface area contributed by atoms with E-state index in [0.29, 0.717) is 11.3 Å². The largest absolute Gasteiger partial charge is 0.399 e. The molecule has 0 saturated heterocycles. The fourth-order valence-electron chi connectivity index (χ4n) is 2.57. The third-order valence-corrected chi connectivity index (χ3v) is 3.75. The topological polar surface area (TPSA) is 55.1 Å². The van der Waals surface area contributed by atoms with Gasteiger partial charge in [0.25, 0.3) is 5.91 Å². The molecule has 1 unspecified atom stereocenters. The van der Waals surface area contributed by atoms with E-state index in [9.17, 15) is 4.79 Å². The van der Waals surface area contributed by atoms with Crippen LogP contribution in [0.3, 0.4) is 0 Å². The zero-order valence-corrected chi connectivity index (χ0v) is 13.1. The molecule has 3 heteroatoms. The fraction of sp³-hybridized carbons (Fsp3) is 0.316. The summed E-state index contributed by atoms with van der Waals surface area (Å²) in [4.78, 5) is 12.3. The van der Waals surface area contributed by atoms with Crippen LogP contribution in [-0.2, 0) is 6.42 Å². The van der Waals surface area contributed by atoms with Crippen LogP contribution in [0.5, 0.6) is 0 Å². The Balaban J connectivity index is 1.94. The normalized spacial score (nSPS) is 11.9. The number of benzene rings is 2. The fourth-order valence-corrected chi connectivity index (χ4v) is 2.57. The summed E-state index contributed by atoms with van der Waals surface area (Å²) in [6.07, 6.45) is 3.96. The lowest BCUT2D eigenvalue weighted by atomic mass is 10.0. The van der Waals surface area contributed by atoms with E-state index < -0.39 is 0 Å². The van der Waals surface area contributed by atoms with Crippen LogP contribution in [0.1, 0.15) is 42.1 Å². The third-order valence-electron chi connectivity index (χ3n) is 3.75. The highest BCUT2D eigenvalue weighted by atomic mass is 16.1. The van der Waals surface area contributed by atoms with Crippen LogP contribution >= 0.6 is 0 Å². The zero-order valence-electron chi connectivity index (χ0n) is 13.1. The molecule has 1 atom stereocenters. The maximum atomic E-state index is 12.3. The first kappa shape index (κ1) is 16.1. The summed E-state index contributed by atoms with van der Waals surface area (Å²) >= 11 is 0. The molecule has 0 heterocycles. The van der Waals surface area contributed by atoms with Crippen LogP contribution in [0.4, 0.5) is 5.69 Å². The Morgan fingerprint density at radius 3 is 2.55 bits per heavy atom. The van der Waals surface area contributed by atoms with Crippen molar-refractivity contribution in [3.8, 4) is 0 Å². The quantitative estimate of drug-likeness (QED) is 0.764. The number of nitrogens with two attached hydrogens (primary N) is 1. The summed E-state index contributed by atoms with van der Waals surface area (Å²) in [7, 11) is 0. The lowest BCUT2D eigenvalue weighted by Gasteiger charge is -2.18. The molecule has 1 amide bonds. The van der Waals surface area contributed by atoms with Gasteiger partial charge in [-0.25, -0.2) is 0 Å². The van der Waals surface area contributed by atoms with Gasteiger partial charge in [0.05, 0.1) is 0 Å². The summed E-state index contributed by atoms with van der Waals surface area (Å²) in [5.41, 5.74) is 8.29. The van der Waals surface area contributed by atoms with Crippen LogP contribution in [0.15, 0.2) is 54.6 Å². The van der Waals surface area contributed by atoms with Crippen molar-refractivity contribution in [2.75, 3.05) is 5.73 Å². The van der Waals surface area contributed by atoms with Crippen molar-refractivity contribution in [3.05, 3.63) is 65.7 Å². The van der Waals surface area contributed by atoms with Crippen LogP contribution in [0, 0.1) is 0 Å². The van der Waals surface area contributed by atoms with Crippen LogP contribution < -0.4 is 11.1 Å². The summed E-state index contributed by atoms with van der Waals surface area (Å²) in [5.74, 6) is -0.0428. The van der Waals surface area contributed by atoms with E-state index in [4.69, 9.17) is 5.73 Å². The Morgan fingerprint density at radius 2 is 1.86 bits per heavy atom. The van der Waals surface area contributed by atoms with E-state index in [1.165, 1.54) is 5.56 Å². The molecule has 3 nitrogen and oxygen atoms in total. The van der Waals surface area contributed by atoms with Crippen molar-refractivity contribution in [2.24, 2.45) is 0 Å². The smallest absolute Gasteiger partial charge is 0.251 e. The van der Waals surface area contributed by atoms with Crippen molar-refractivity contribution in [1.29, 1.82) is 0 Å². The number of anilines is 1. The van der Waals surface area contributed by atoms with Crippen LogP contribution in [-0.4, -0.2) is 11.9 Å². The number of carbonyl (C=O) groups excluding carboxylic acids is 1. The second-order valence-corrected chi connectivity index (χ2v) is 5.61. The van der Waals surface area contributed by atoms with Gasteiger partial charge >= 0.3 is 0 Å². The monoisotopic (exact) mass is 296 g/mol. The summed E-state index contributed by atoms with van der Waals surface area (Å²) < 4.78 is 0. The van der Waals surface area contributed by atoms with Gasteiger partial charge in [0, 0.05) is 17.3 Å². The van der Waals surface area contributed by atoms with E-state index in [0.717, 1.165) is 25.7 Å². The average molecular weight is 296 g/mol. The lowest BCUT2D eigenvalue weighted by Crippen LogP contribution is -2.35. The molecule has 0 bridgehead atoms. The third kappa shape index (κ3) is 4.92. The number of hydrogen-bond donors (Lipinski definition) is 2. The molecule has 116 valence electrons. The highest BCUT2D eigenvalue weighted by Crippen LogP contribution is 2.11. The molecule has 3 N–H and O–H groups in total. The van der Waals surface area contributed by atoms with E-state index in [2.05, 4.69) is 36.5 Å². The number of nitrogen functional groups attached to an aromatic ring is 1. The maximum absolute atomic E-state index is 12.3. The Kier molecular flexibility index (Phi) is 6.01. The first-order chi connectivity index (χ1) is 10.7. The Hall–Kier alpha value is -2.29. The van der Waals surface area contributed by atoms with Gasteiger partial charge in [0.2, 0.25) is 0 Å². The highest BCUT2D eigenvalue weighted by Gasteiger charge is 2.13. The molecule has 2 aromatic rings. The van der Waals surface area contributed by atoms with Crippen molar-refractivity contribution >= 4 is 11.6 Å². The summed E-state index contributed by atoms with van der Waals surface area (Å²) in [6.45, 7) is 2.14. The minimum atomic E-state index is -0.0428. The SMILES string of the molecule is CCCC(CCc1ccccc1)NC(=O)c1cccc(N)c1. The molecule has 22 heavy (non-hydrogen) atoms. The molecular formula is C19H24N2O. The predicted octanol–water partition coefficient (Wildman–Crippen LogP) is 3.80. The van der Waals surface area contributed by atoms with Crippen LogP contribution in [0.2, 0.25) is 0 Å². The molecule has 2 rings (SSSR count). The zero-order chi connectivity index (χ0) is 15.8. The van der Waals surface area contributed by atoms with Crippen molar-refractivity contribution in [3.63, 3.8) is 0 Å². The molecule has 0 aliphatic carbocycles. The molecule has 0 aromatic heterocycles. The number of carbonyl (C=O) groups is 1. The number of aryl methyl sites for hydroxylation is 1. The molecule has 2 aromatic carbocycles. The van der Waals surface area contributed by atoms with E-state index in [-0.39, 0.29) is 11.9 Å². The first-order valence-electron chi connectivity index (χ1n) is 7.89. The molecule has 0 fully saturated rings. The summed E-state index contributed by atoms with van der Waals surface area (Å²) in [5, 5.41) is 3.14. The standard InChI is InChI=1S/C19H24N2O/c1-2-7-18(13-12-15-8-4-3-5-9-15)21-19(22)16-10-6-11-17(20)14-16/h3-6,8-11,14,18H,2,7,12-13,20H2,1H3,(H,21,22). The average Bonchev–Trinajstić information content (AvgIpc) is 2.54. The molecule has 0 radical (unpaired) electrons. The molecular weight excluding hydrogens is 272 g/mol. The van der Waals surface area contributed by atoms with Gasteiger partial charge in [0.1, 0.15) is 0 Å². The van der Waals surface area contributed by atoms with Gasteiger partial charge in [-0.15, -0.1) is 0 Å². The minimum absolute atomic E-state index is 0.0428. The maximum Gasteiger partial charge on any atom is 0.251 e. The van der Waals surface area contributed by atoms with Gasteiger partial charge in [-0.1, -0.05) is 49.7 Å². The second-order valence-electron chi connectivity index (χ2n) is 5.61. The van der Waals surface area contributed by atoms with Gasteiger partial charge in [-0.2, -0.15) is 0 Å². The van der Waals surface area contributed by atoms with Gasteiger partial charge < -0.3 is 11.1 Å². The number of amides is 1. The van der Waals surface area contributed by atoms with E-state index >= 15 is 0 Å². The number of rotatable bonds is 7. The molecule has 0 aliphatic rings. The van der Waals surface area contributed by atoms with Crippen LogP contribution in [0.25, 0.3) is 0 Å². The lowest BCUT2D eigenvalue weighted by molar-refractivity contribution is 0.0933.